The number of piperidine rings is 1. The molecule has 7 heteroatoms. The minimum Gasteiger partial charge on any atom is -0.314 e. The summed E-state index contributed by atoms with van der Waals surface area (Å²) in [6.07, 6.45) is 4.77. The molecule has 0 bridgehead atoms. The molecular weight excluding hydrogens is 275 g/mol. The molecule has 1 aromatic heterocycles. The van der Waals surface area contributed by atoms with Crippen LogP contribution < -0.4 is 5.43 Å². The minimum absolute atomic E-state index is 0.207. The number of benzene rings is 1. The number of pyridine rings is 1. The molecule has 0 atom stereocenters. The molecule has 0 radical (unpaired) electrons. The van der Waals surface area contributed by atoms with Crippen molar-refractivity contribution in [3.63, 3.8) is 0 Å². The molecule has 3 rings (SSSR count). The van der Waals surface area contributed by atoms with Gasteiger partial charge in [0, 0.05) is 19.3 Å². The average molecular weight is 290 g/mol. The first kappa shape index (κ1) is 13.7. The number of aromatic nitrogens is 1. The highest BCUT2D eigenvalue weighted by molar-refractivity contribution is 5.96. The summed E-state index contributed by atoms with van der Waals surface area (Å²) in [6.45, 7) is 1.65. The SMILES string of the molecule is O=[N+]([O-])c1cc(F)c(NN2CCCCC2)c2ncccc12. The zero-order valence-corrected chi connectivity index (χ0v) is 11.4. The predicted molar refractivity (Wildman–Crippen MR) is 77.4 cm³/mol. The second kappa shape index (κ2) is 5.61. The second-order valence-corrected chi connectivity index (χ2v) is 5.07. The van der Waals surface area contributed by atoms with Gasteiger partial charge in [0.25, 0.3) is 5.69 Å². The van der Waals surface area contributed by atoms with Crippen LogP contribution in [0.4, 0.5) is 15.8 Å². The number of nitro groups is 1. The molecule has 0 amide bonds. The Kier molecular flexibility index (Phi) is 3.66. The number of hydrogen-bond acceptors (Lipinski definition) is 5. The predicted octanol–water partition coefficient (Wildman–Crippen LogP) is 3.09. The van der Waals surface area contributed by atoms with Crippen LogP contribution in [0.5, 0.6) is 0 Å². The topological polar surface area (TPSA) is 71.3 Å². The Morgan fingerprint density at radius 3 is 2.81 bits per heavy atom. The summed E-state index contributed by atoms with van der Waals surface area (Å²) in [5.41, 5.74) is 3.26. The van der Waals surface area contributed by atoms with Crippen LogP contribution in [-0.4, -0.2) is 28.0 Å². The van der Waals surface area contributed by atoms with Gasteiger partial charge in [-0.15, -0.1) is 0 Å². The van der Waals surface area contributed by atoms with Crippen LogP contribution >= 0.6 is 0 Å². The molecule has 0 spiro atoms. The summed E-state index contributed by atoms with van der Waals surface area (Å²) in [5, 5.41) is 13.3. The van der Waals surface area contributed by atoms with Gasteiger partial charge in [0.1, 0.15) is 11.2 Å². The zero-order chi connectivity index (χ0) is 14.8. The Labute approximate surface area is 120 Å². The van der Waals surface area contributed by atoms with Crippen molar-refractivity contribution in [1.82, 2.24) is 9.99 Å². The molecule has 6 nitrogen and oxygen atoms in total. The molecule has 1 N–H and O–H groups in total. The van der Waals surface area contributed by atoms with E-state index in [0.717, 1.165) is 32.0 Å². The quantitative estimate of drug-likeness (QED) is 0.694. The van der Waals surface area contributed by atoms with Gasteiger partial charge in [0.05, 0.1) is 16.4 Å². The Morgan fingerprint density at radius 1 is 1.33 bits per heavy atom. The van der Waals surface area contributed by atoms with E-state index in [0.29, 0.717) is 5.39 Å². The van der Waals surface area contributed by atoms with Crippen LogP contribution in [0.3, 0.4) is 0 Å². The van der Waals surface area contributed by atoms with Gasteiger partial charge >= 0.3 is 0 Å². The highest BCUT2D eigenvalue weighted by Crippen LogP contribution is 2.33. The maximum absolute atomic E-state index is 14.3. The number of hydrazine groups is 1. The van der Waals surface area contributed by atoms with E-state index < -0.39 is 10.7 Å². The summed E-state index contributed by atoms with van der Waals surface area (Å²) >= 11 is 0. The Bertz CT molecular complexity index is 686. The van der Waals surface area contributed by atoms with E-state index in [1.807, 2.05) is 5.01 Å². The fraction of sp³-hybridized carbons (Fsp3) is 0.357. The van der Waals surface area contributed by atoms with Gasteiger partial charge in [0.2, 0.25) is 0 Å². The molecule has 0 unspecified atom stereocenters. The third-order valence-corrected chi connectivity index (χ3v) is 3.65. The van der Waals surface area contributed by atoms with Crippen LogP contribution in [0.25, 0.3) is 10.9 Å². The molecule has 1 aromatic carbocycles. The summed E-state index contributed by atoms with van der Waals surface area (Å²) in [5.74, 6) is -0.654. The van der Waals surface area contributed by atoms with Crippen molar-refractivity contribution in [3.05, 3.63) is 40.3 Å². The first-order valence-corrected chi connectivity index (χ1v) is 6.90. The molecule has 0 aliphatic carbocycles. The van der Waals surface area contributed by atoms with Crippen molar-refractivity contribution in [2.75, 3.05) is 18.5 Å². The third-order valence-electron chi connectivity index (χ3n) is 3.65. The molecular formula is C14H15FN4O2. The van der Waals surface area contributed by atoms with Crippen molar-refractivity contribution in [2.45, 2.75) is 19.3 Å². The lowest BCUT2D eigenvalue weighted by atomic mass is 10.1. The number of hydrogen-bond donors (Lipinski definition) is 1. The molecule has 2 heterocycles. The summed E-state index contributed by atoms with van der Waals surface area (Å²) in [6, 6.07) is 4.15. The molecule has 21 heavy (non-hydrogen) atoms. The van der Waals surface area contributed by atoms with E-state index in [9.17, 15) is 14.5 Å². The van der Waals surface area contributed by atoms with Crippen LogP contribution in [0, 0.1) is 15.9 Å². The smallest absolute Gasteiger partial charge is 0.281 e. The first-order chi connectivity index (χ1) is 10.2. The molecule has 1 aliphatic rings. The fourth-order valence-corrected chi connectivity index (χ4v) is 2.62. The van der Waals surface area contributed by atoms with Gasteiger partial charge in [-0.25, -0.2) is 9.40 Å². The van der Waals surface area contributed by atoms with Gasteiger partial charge in [0.15, 0.2) is 5.82 Å². The van der Waals surface area contributed by atoms with Crippen LogP contribution in [0.1, 0.15) is 19.3 Å². The van der Waals surface area contributed by atoms with Gasteiger partial charge < -0.3 is 5.43 Å². The first-order valence-electron chi connectivity index (χ1n) is 6.90. The third kappa shape index (κ3) is 2.64. The van der Waals surface area contributed by atoms with Crippen molar-refractivity contribution >= 4 is 22.3 Å². The number of non-ortho nitro benzene ring substituents is 1. The van der Waals surface area contributed by atoms with Crippen molar-refractivity contribution in [2.24, 2.45) is 0 Å². The Hall–Kier alpha value is -2.28. The van der Waals surface area contributed by atoms with Gasteiger partial charge in [-0.1, -0.05) is 6.42 Å². The largest absolute Gasteiger partial charge is 0.314 e. The highest BCUT2D eigenvalue weighted by atomic mass is 19.1. The standard InChI is InChI=1S/C14H15FN4O2/c15-11-9-12(19(20)21)10-5-4-6-16-13(10)14(11)17-18-7-2-1-3-8-18/h4-6,9,17H,1-3,7-8H2. The molecule has 110 valence electrons. The van der Waals surface area contributed by atoms with Gasteiger partial charge in [-0.05, 0) is 25.0 Å². The normalized spacial score (nSPS) is 16.0. The van der Waals surface area contributed by atoms with Crippen LogP contribution in [-0.2, 0) is 0 Å². The van der Waals surface area contributed by atoms with Gasteiger partial charge in [-0.3, -0.25) is 15.1 Å². The summed E-state index contributed by atoms with van der Waals surface area (Å²) in [7, 11) is 0. The van der Waals surface area contributed by atoms with E-state index >= 15 is 0 Å². The molecule has 0 saturated carbocycles. The lowest BCUT2D eigenvalue weighted by molar-refractivity contribution is -0.383. The number of nitrogens with zero attached hydrogens (tertiary/aromatic N) is 3. The lowest BCUT2D eigenvalue weighted by Crippen LogP contribution is -2.35. The molecule has 1 aliphatic heterocycles. The number of fused-ring (bicyclic) bond motifs is 1. The van der Waals surface area contributed by atoms with E-state index in [2.05, 4.69) is 10.4 Å². The Balaban J connectivity index is 2.07. The summed E-state index contributed by atoms with van der Waals surface area (Å²) < 4.78 is 14.3. The minimum atomic E-state index is -0.654. The molecule has 1 fully saturated rings. The molecule has 2 aromatic rings. The maximum Gasteiger partial charge on any atom is 0.281 e. The number of nitro benzene ring substituents is 1. The Morgan fingerprint density at radius 2 is 2.10 bits per heavy atom. The van der Waals surface area contributed by atoms with Gasteiger partial charge in [-0.2, -0.15) is 0 Å². The van der Waals surface area contributed by atoms with E-state index in [1.165, 1.54) is 12.6 Å². The number of anilines is 1. The van der Waals surface area contributed by atoms with E-state index in [1.54, 1.807) is 12.1 Å². The average Bonchev–Trinajstić information content (AvgIpc) is 2.50. The lowest BCUT2D eigenvalue weighted by Gasteiger charge is -2.28. The number of halogens is 1. The van der Waals surface area contributed by atoms with Crippen molar-refractivity contribution in [3.8, 4) is 0 Å². The monoisotopic (exact) mass is 290 g/mol. The molecule has 1 saturated heterocycles. The van der Waals surface area contributed by atoms with Crippen LogP contribution in [0.15, 0.2) is 24.4 Å². The maximum atomic E-state index is 14.3. The second-order valence-electron chi connectivity index (χ2n) is 5.07. The van der Waals surface area contributed by atoms with Crippen molar-refractivity contribution < 1.29 is 9.31 Å². The number of nitrogens with one attached hydrogen (secondary N) is 1. The number of rotatable bonds is 3. The highest BCUT2D eigenvalue weighted by Gasteiger charge is 2.21. The fourth-order valence-electron chi connectivity index (χ4n) is 2.62. The van der Waals surface area contributed by atoms with E-state index in [4.69, 9.17) is 0 Å². The van der Waals surface area contributed by atoms with Crippen molar-refractivity contribution in [1.29, 1.82) is 0 Å². The van der Waals surface area contributed by atoms with Crippen LogP contribution in [0.2, 0.25) is 0 Å². The van der Waals surface area contributed by atoms with E-state index in [-0.39, 0.29) is 16.9 Å². The zero-order valence-electron chi connectivity index (χ0n) is 11.4. The summed E-state index contributed by atoms with van der Waals surface area (Å²) in [4.78, 5) is 14.6.